The average Bonchev–Trinajstić information content (AvgIpc) is 3.38. The van der Waals surface area contributed by atoms with E-state index in [0.29, 0.717) is 57.1 Å². The number of likely N-dealkylation sites (tertiary alicyclic amines) is 1. The summed E-state index contributed by atoms with van der Waals surface area (Å²) < 4.78 is 13.2. The number of aryl methyl sites for hydroxylation is 1. The van der Waals surface area contributed by atoms with Crippen molar-refractivity contribution in [3.05, 3.63) is 65.5 Å². The van der Waals surface area contributed by atoms with E-state index in [0.717, 1.165) is 55.7 Å². The molecule has 0 aliphatic carbocycles. The molecule has 1 saturated heterocycles. The Kier molecular flexibility index (Phi) is 9.21. The van der Waals surface area contributed by atoms with Crippen LogP contribution in [0, 0.1) is 12.3 Å². The van der Waals surface area contributed by atoms with Gasteiger partial charge < -0.3 is 19.7 Å². The SMILES string of the molecule is CCOc1ccc(-n2nnc(C(=O)N3CCC4(CCCCCc5ccccc5OCCCNC4=O)CC3)c2C)cc1. The van der Waals surface area contributed by atoms with Gasteiger partial charge in [-0.05, 0) is 88.3 Å². The van der Waals surface area contributed by atoms with Crippen molar-refractivity contribution >= 4 is 11.8 Å². The first-order valence-electron chi connectivity index (χ1n) is 14.9. The van der Waals surface area contributed by atoms with Crippen molar-refractivity contribution in [3.63, 3.8) is 0 Å². The van der Waals surface area contributed by atoms with Crippen molar-refractivity contribution in [2.75, 3.05) is 32.8 Å². The van der Waals surface area contributed by atoms with E-state index in [2.05, 4.69) is 27.8 Å². The van der Waals surface area contributed by atoms with Gasteiger partial charge in [0, 0.05) is 19.6 Å². The first-order chi connectivity index (χ1) is 20.0. The van der Waals surface area contributed by atoms with E-state index >= 15 is 0 Å². The zero-order valence-electron chi connectivity index (χ0n) is 24.2. The lowest BCUT2D eigenvalue weighted by Gasteiger charge is -2.40. The summed E-state index contributed by atoms with van der Waals surface area (Å²) in [7, 11) is 0. The Morgan fingerprint density at radius 1 is 1.02 bits per heavy atom. The highest BCUT2D eigenvalue weighted by atomic mass is 16.5. The van der Waals surface area contributed by atoms with Crippen molar-refractivity contribution in [1.29, 1.82) is 0 Å². The standard InChI is InChI=1S/C32H41N5O4/c1-3-40-27-15-13-26(14-16-27)37-24(2)29(34-35-37)30(38)36-21-18-32(19-22-36)17-8-4-5-10-25-11-6-7-12-28(25)41-23-9-20-33-31(32)39/h6-7,11-16H,3-5,8-10,17-23H2,1-2H3,(H,33,39). The van der Waals surface area contributed by atoms with E-state index in [1.54, 1.807) is 4.68 Å². The van der Waals surface area contributed by atoms with Gasteiger partial charge in [0.2, 0.25) is 5.91 Å². The Hall–Kier alpha value is -3.88. The van der Waals surface area contributed by atoms with E-state index in [4.69, 9.17) is 9.47 Å². The molecule has 5 rings (SSSR count). The first kappa shape index (κ1) is 28.6. The zero-order valence-corrected chi connectivity index (χ0v) is 24.2. The molecule has 218 valence electrons. The molecule has 2 aliphatic heterocycles. The summed E-state index contributed by atoms with van der Waals surface area (Å²) in [6.07, 6.45) is 6.97. The molecular weight excluding hydrogens is 518 g/mol. The Bertz CT molecular complexity index is 1330. The predicted octanol–water partition coefficient (Wildman–Crippen LogP) is 4.90. The number of carbonyl (C=O) groups excluding carboxylic acids is 2. The molecule has 9 heteroatoms. The number of fused-ring (bicyclic) bond motifs is 1. The van der Waals surface area contributed by atoms with Gasteiger partial charge in [-0.3, -0.25) is 9.59 Å². The lowest BCUT2D eigenvalue weighted by atomic mass is 9.73. The molecule has 0 saturated carbocycles. The fraction of sp³-hybridized carbons (Fsp3) is 0.500. The number of carbonyl (C=O) groups is 2. The molecule has 3 aromatic rings. The fourth-order valence-electron chi connectivity index (χ4n) is 5.95. The lowest BCUT2D eigenvalue weighted by Crippen LogP contribution is -2.50. The highest BCUT2D eigenvalue weighted by molar-refractivity contribution is 5.93. The minimum absolute atomic E-state index is 0.111. The monoisotopic (exact) mass is 559 g/mol. The lowest BCUT2D eigenvalue weighted by molar-refractivity contribution is -0.134. The second-order valence-electron chi connectivity index (χ2n) is 11.1. The van der Waals surface area contributed by atoms with Crippen LogP contribution in [0.25, 0.3) is 5.69 Å². The van der Waals surface area contributed by atoms with Crippen molar-refractivity contribution < 1.29 is 19.1 Å². The number of hydrogen-bond donors (Lipinski definition) is 1. The summed E-state index contributed by atoms with van der Waals surface area (Å²) in [4.78, 5) is 28.8. The van der Waals surface area contributed by atoms with Crippen molar-refractivity contribution in [1.82, 2.24) is 25.2 Å². The van der Waals surface area contributed by atoms with Crippen LogP contribution in [-0.4, -0.2) is 64.6 Å². The maximum Gasteiger partial charge on any atom is 0.276 e. The molecule has 1 aromatic heterocycles. The average molecular weight is 560 g/mol. The molecule has 2 amide bonds. The Balaban J connectivity index is 1.22. The summed E-state index contributed by atoms with van der Waals surface area (Å²) in [5.41, 5.74) is 2.67. The van der Waals surface area contributed by atoms with Crippen molar-refractivity contribution in [2.24, 2.45) is 5.41 Å². The fourth-order valence-corrected chi connectivity index (χ4v) is 5.95. The van der Waals surface area contributed by atoms with Crippen LogP contribution in [0.1, 0.15) is 73.6 Å². The number of aromatic nitrogens is 3. The second-order valence-corrected chi connectivity index (χ2v) is 11.1. The van der Waals surface area contributed by atoms with Crippen LogP contribution in [0.15, 0.2) is 48.5 Å². The largest absolute Gasteiger partial charge is 0.494 e. The number of ether oxygens (including phenoxy) is 2. The predicted molar refractivity (Wildman–Crippen MR) is 157 cm³/mol. The van der Waals surface area contributed by atoms with Gasteiger partial charge in [-0.25, -0.2) is 4.68 Å². The van der Waals surface area contributed by atoms with Crippen LogP contribution in [0.3, 0.4) is 0 Å². The molecule has 9 nitrogen and oxygen atoms in total. The van der Waals surface area contributed by atoms with Crippen LogP contribution < -0.4 is 14.8 Å². The molecule has 1 spiro atoms. The van der Waals surface area contributed by atoms with E-state index in [1.165, 1.54) is 5.56 Å². The van der Waals surface area contributed by atoms with Crippen LogP contribution in [0.4, 0.5) is 0 Å². The summed E-state index contributed by atoms with van der Waals surface area (Å²) in [6, 6.07) is 15.8. The second kappa shape index (κ2) is 13.2. The van der Waals surface area contributed by atoms with E-state index in [-0.39, 0.29) is 11.8 Å². The molecule has 2 aromatic carbocycles. The van der Waals surface area contributed by atoms with Gasteiger partial charge in [0.05, 0.1) is 30.0 Å². The van der Waals surface area contributed by atoms with Crippen LogP contribution in [0.2, 0.25) is 0 Å². The number of para-hydroxylation sites is 1. The summed E-state index contributed by atoms with van der Waals surface area (Å²) in [6.45, 7) is 6.62. The molecule has 3 heterocycles. The minimum atomic E-state index is -0.450. The third-order valence-electron chi connectivity index (χ3n) is 8.42. The number of rotatable bonds is 4. The van der Waals surface area contributed by atoms with E-state index < -0.39 is 5.41 Å². The third-order valence-corrected chi connectivity index (χ3v) is 8.42. The van der Waals surface area contributed by atoms with Crippen molar-refractivity contribution in [3.8, 4) is 17.2 Å². The molecule has 41 heavy (non-hydrogen) atoms. The molecular formula is C32H41N5O4. The topological polar surface area (TPSA) is 98.6 Å². The Labute approximate surface area is 242 Å². The smallest absolute Gasteiger partial charge is 0.276 e. The highest BCUT2D eigenvalue weighted by Gasteiger charge is 2.42. The van der Waals surface area contributed by atoms with Gasteiger partial charge in [0.15, 0.2) is 5.69 Å². The quantitative estimate of drug-likeness (QED) is 0.488. The first-order valence-corrected chi connectivity index (χ1v) is 14.9. The molecule has 1 N–H and O–H groups in total. The number of amides is 2. The van der Waals surface area contributed by atoms with Crippen LogP contribution >= 0.6 is 0 Å². The van der Waals surface area contributed by atoms with Gasteiger partial charge in [-0.15, -0.1) is 5.10 Å². The van der Waals surface area contributed by atoms with E-state index in [1.807, 2.05) is 55.1 Å². The molecule has 0 radical (unpaired) electrons. The van der Waals surface area contributed by atoms with E-state index in [9.17, 15) is 9.59 Å². The molecule has 0 atom stereocenters. The molecule has 1 fully saturated rings. The number of nitrogens with one attached hydrogen (secondary N) is 1. The van der Waals surface area contributed by atoms with Gasteiger partial charge in [-0.2, -0.15) is 0 Å². The normalized spacial score (nSPS) is 18.1. The van der Waals surface area contributed by atoms with Crippen molar-refractivity contribution in [2.45, 2.75) is 65.2 Å². The number of piperidine rings is 1. The molecule has 2 aliphatic rings. The Morgan fingerprint density at radius 3 is 2.59 bits per heavy atom. The van der Waals surface area contributed by atoms with Gasteiger partial charge >= 0.3 is 0 Å². The highest BCUT2D eigenvalue weighted by Crippen LogP contribution is 2.38. The Morgan fingerprint density at radius 2 is 1.80 bits per heavy atom. The zero-order chi connectivity index (χ0) is 28.7. The van der Waals surface area contributed by atoms with Crippen LogP contribution in [0.5, 0.6) is 11.5 Å². The minimum Gasteiger partial charge on any atom is -0.494 e. The maximum atomic E-state index is 13.5. The summed E-state index contributed by atoms with van der Waals surface area (Å²) in [5, 5.41) is 11.7. The van der Waals surface area contributed by atoms with Crippen LogP contribution in [-0.2, 0) is 11.2 Å². The summed E-state index contributed by atoms with van der Waals surface area (Å²) in [5.74, 6) is 1.72. The molecule has 0 unspecified atom stereocenters. The van der Waals surface area contributed by atoms with Gasteiger partial charge in [0.25, 0.3) is 5.91 Å². The molecule has 0 bridgehead atoms. The van der Waals surface area contributed by atoms with Gasteiger partial charge in [-0.1, -0.05) is 36.3 Å². The number of hydrogen-bond acceptors (Lipinski definition) is 6. The maximum absolute atomic E-state index is 13.5. The number of benzene rings is 2. The van der Waals surface area contributed by atoms with Gasteiger partial charge in [0.1, 0.15) is 11.5 Å². The number of nitrogens with zero attached hydrogens (tertiary/aromatic N) is 4. The summed E-state index contributed by atoms with van der Waals surface area (Å²) >= 11 is 0. The third kappa shape index (κ3) is 6.55.